The number of rotatable bonds is 4. The summed E-state index contributed by atoms with van der Waals surface area (Å²) >= 11 is 0. The van der Waals surface area contributed by atoms with Gasteiger partial charge in [0.2, 0.25) is 0 Å². The molecule has 1 aromatic rings. The summed E-state index contributed by atoms with van der Waals surface area (Å²) < 4.78 is 38.7. The van der Waals surface area contributed by atoms with Crippen LogP contribution in [0.3, 0.4) is 0 Å². The van der Waals surface area contributed by atoms with E-state index >= 15 is 0 Å². The van der Waals surface area contributed by atoms with E-state index in [1.807, 2.05) is 0 Å². The summed E-state index contributed by atoms with van der Waals surface area (Å²) in [6, 6.07) is 4.98. The van der Waals surface area contributed by atoms with Gasteiger partial charge in [-0.05, 0) is 46.0 Å². The highest BCUT2D eigenvalue weighted by molar-refractivity contribution is 5.98. The molecule has 0 aliphatic heterocycles. The lowest BCUT2D eigenvalue weighted by Gasteiger charge is -2.31. The maximum absolute atomic E-state index is 12.9. The molecule has 0 bridgehead atoms. The number of aryl methyl sites for hydroxylation is 2. The van der Waals surface area contributed by atoms with E-state index in [-0.39, 0.29) is 25.0 Å². The van der Waals surface area contributed by atoms with E-state index in [1.54, 1.807) is 58.0 Å². The molecular weight excluding hydrogens is 317 g/mol. The van der Waals surface area contributed by atoms with Crippen molar-refractivity contribution in [1.82, 2.24) is 4.90 Å². The van der Waals surface area contributed by atoms with E-state index in [9.17, 15) is 18.0 Å². The Labute approximate surface area is 135 Å². The highest BCUT2D eigenvalue weighted by Gasteiger charge is 2.44. The second-order valence-electron chi connectivity index (χ2n) is 5.47. The zero-order valence-electron chi connectivity index (χ0n) is 13.4. The lowest BCUT2D eigenvalue weighted by Crippen LogP contribution is -2.47. The summed E-state index contributed by atoms with van der Waals surface area (Å²) in [5.41, 5.74) is 1.64. The largest absolute Gasteiger partial charge is 0.471 e. The first-order chi connectivity index (χ1) is 9.55. The molecule has 0 spiro atoms. The molecule has 0 aromatic heterocycles. The highest BCUT2D eigenvalue weighted by atomic mass is 35.5. The fourth-order valence-corrected chi connectivity index (χ4v) is 2.09. The fourth-order valence-electron chi connectivity index (χ4n) is 2.09. The highest BCUT2D eigenvalue weighted by Crippen LogP contribution is 2.29. The predicted octanol–water partition coefficient (Wildman–Crippen LogP) is 3.57. The number of carbonyl (C=O) groups is 1. The van der Waals surface area contributed by atoms with Crippen molar-refractivity contribution in [2.24, 2.45) is 0 Å². The van der Waals surface area contributed by atoms with Gasteiger partial charge in [-0.2, -0.15) is 13.2 Å². The summed E-state index contributed by atoms with van der Waals surface area (Å²) in [6.45, 7) is 5.18. The zero-order valence-corrected chi connectivity index (χ0v) is 14.2. The van der Waals surface area contributed by atoms with E-state index in [2.05, 4.69) is 0 Å². The van der Waals surface area contributed by atoms with Gasteiger partial charge in [-0.25, -0.2) is 0 Å². The molecule has 1 unspecified atom stereocenters. The molecule has 0 heterocycles. The molecule has 1 rings (SSSR count). The smallest absolute Gasteiger partial charge is 0.305 e. The van der Waals surface area contributed by atoms with Gasteiger partial charge in [-0.3, -0.25) is 4.79 Å². The Bertz CT molecular complexity index is 498. The van der Waals surface area contributed by atoms with E-state index in [1.165, 1.54) is 0 Å². The van der Waals surface area contributed by atoms with Gasteiger partial charge in [0.05, 0.1) is 0 Å². The van der Waals surface area contributed by atoms with Gasteiger partial charge in [-0.15, -0.1) is 12.4 Å². The molecule has 0 N–H and O–H groups in total. The van der Waals surface area contributed by atoms with Gasteiger partial charge in [-0.1, -0.05) is 18.2 Å². The minimum Gasteiger partial charge on any atom is -0.305 e. The van der Waals surface area contributed by atoms with Crippen molar-refractivity contribution in [3.8, 4) is 0 Å². The van der Waals surface area contributed by atoms with Crippen LogP contribution in [0.4, 0.5) is 18.9 Å². The number of amides is 1. The van der Waals surface area contributed by atoms with Gasteiger partial charge in [0.25, 0.3) is 0 Å². The summed E-state index contributed by atoms with van der Waals surface area (Å²) in [6.07, 6.45) is -4.89. The Morgan fingerprint density at radius 3 is 2.00 bits per heavy atom. The number of likely N-dealkylation sites (N-methyl/N-ethyl adjacent to an activating group) is 1. The van der Waals surface area contributed by atoms with Crippen LogP contribution in [0.15, 0.2) is 18.2 Å². The number of nitrogens with zero attached hydrogens (tertiary/aromatic N) is 2. The van der Waals surface area contributed by atoms with Crippen LogP contribution in [0.5, 0.6) is 0 Å². The molecule has 0 saturated heterocycles. The standard InChI is InChI=1S/C15H21F3N2O.ClH/c1-10-7-6-8-11(2)13(10)20(9-12(3)19(4)5)14(21)15(16,17)18;/h6-8,12H,9H2,1-5H3;1H. The molecule has 126 valence electrons. The van der Waals surface area contributed by atoms with Gasteiger partial charge in [0.15, 0.2) is 0 Å². The summed E-state index contributed by atoms with van der Waals surface area (Å²) in [4.78, 5) is 14.4. The van der Waals surface area contributed by atoms with Crippen molar-refractivity contribution >= 4 is 24.0 Å². The Balaban J connectivity index is 0.00000441. The van der Waals surface area contributed by atoms with Crippen LogP contribution >= 0.6 is 12.4 Å². The third kappa shape index (κ3) is 4.88. The van der Waals surface area contributed by atoms with Crippen LogP contribution in [0, 0.1) is 13.8 Å². The van der Waals surface area contributed by atoms with Crippen molar-refractivity contribution in [2.45, 2.75) is 33.0 Å². The lowest BCUT2D eigenvalue weighted by atomic mass is 10.1. The number of carbonyl (C=O) groups excluding carboxylic acids is 1. The number of alkyl halides is 3. The molecule has 3 nitrogen and oxygen atoms in total. The fraction of sp³-hybridized carbons (Fsp3) is 0.533. The Kier molecular flexibility index (Phi) is 7.38. The van der Waals surface area contributed by atoms with Crippen LogP contribution in [-0.2, 0) is 4.79 Å². The summed E-state index contributed by atoms with van der Waals surface area (Å²) in [5.74, 6) is -1.83. The van der Waals surface area contributed by atoms with Gasteiger partial charge in [0, 0.05) is 18.3 Å². The monoisotopic (exact) mass is 338 g/mol. The van der Waals surface area contributed by atoms with Crippen LogP contribution in [-0.4, -0.2) is 43.7 Å². The number of hydrogen-bond acceptors (Lipinski definition) is 2. The van der Waals surface area contributed by atoms with Crippen molar-refractivity contribution in [3.63, 3.8) is 0 Å². The van der Waals surface area contributed by atoms with Crippen molar-refractivity contribution in [2.75, 3.05) is 25.5 Å². The number of halogens is 4. The van der Waals surface area contributed by atoms with Crippen molar-refractivity contribution in [3.05, 3.63) is 29.3 Å². The predicted molar refractivity (Wildman–Crippen MR) is 84.7 cm³/mol. The van der Waals surface area contributed by atoms with Crippen LogP contribution < -0.4 is 4.90 Å². The molecule has 22 heavy (non-hydrogen) atoms. The van der Waals surface area contributed by atoms with Crippen LogP contribution in [0.25, 0.3) is 0 Å². The van der Waals surface area contributed by atoms with Gasteiger partial charge in [0.1, 0.15) is 0 Å². The van der Waals surface area contributed by atoms with E-state index in [0.717, 1.165) is 4.90 Å². The van der Waals surface area contributed by atoms with Crippen LogP contribution in [0.2, 0.25) is 0 Å². The van der Waals surface area contributed by atoms with Gasteiger partial charge < -0.3 is 9.80 Å². The topological polar surface area (TPSA) is 23.6 Å². The second kappa shape index (κ2) is 7.83. The quantitative estimate of drug-likeness (QED) is 0.838. The molecule has 7 heteroatoms. The number of hydrogen-bond donors (Lipinski definition) is 0. The molecule has 1 aromatic carbocycles. The van der Waals surface area contributed by atoms with E-state index < -0.39 is 12.1 Å². The zero-order chi connectivity index (χ0) is 16.4. The Hall–Kier alpha value is -1.27. The molecule has 0 fully saturated rings. The number of anilines is 1. The molecule has 0 aliphatic rings. The minimum absolute atomic E-state index is 0. The maximum atomic E-state index is 12.9. The average molecular weight is 339 g/mol. The molecular formula is C15H22ClF3N2O. The summed E-state index contributed by atoms with van der Waals surface area (Å²) in [5, 5.41) is 0. The Morgan fingerprint density at radius 2 is 1.64 bits per heavy atom. The first-order valence-corrected chi connectivity index (χ1v) is 6.67. The molecule has 0 aliphatic carbocycles. The van der Waals surface area contributed by atoms with Crippen LogP contribution in [0.1, 0.15) is 18.1 Å². The SMILES string of the molecule is Cc1cccc(C)c1N(CC(C)N(C)C)C(=O)C(F)(F)F.Cl. The third-order valence-corrected chi connectivity index (χ3v) is 3.53. The maximum Gasteiger partial charge on any atom is 0.471 e. The molecule has 0 saturated carbocycles. The molecule has 1 atom stereocenters. The van der Waals surface area contributed by atoms with Crippen molar-refractivity contribution < 1.29 is 18.0 Å². The lowest BCUT2D eigenvalue weighted by molar-refractivity contribution is -0.170. The second-order valence-corrected chi connectivity index (χ2v) is 5.47. The van der Waals surface area contributed by atoms with Gasteiger partial charge >= 0.3 is 12.1 Å². The first-order valence-electron chi connectivity index (χ1n) is 6.67. The molecule has 0 radical (unpaired) electrons. The molecule has 1 amide bonds. The number of para-hydroxylation sites is 1. The Morgan fingerprint density at radius 1 is 1.18 bits per heavy atom. The van der Waals surface area contributed by atoms with E-state index in [0.29, 0.717) is 16.8 Å². The normalized spacial score (nSPS) is 12.8. The number of benzene rings is 1. The van der Waals surface area contributed by atoms with Crippen molar-refractivity contribution in [1.29, 1.82) is 0 Å². The average Bonchev–Trinajstić information content (AvgIpc) is 2.34. The minimum atomic E-state index is -4.89. The first kappa shape index (κ1) is 20.7. The third-order valence-electron chi connectivity index (χ3n) is 3.53. The van der Waals surface area contributed by atoms with E-state index in [4.69, 9.17) is 0 Å². The summed E-state index contributed by atoms with van der Waals surface area (Å²) in [7, 11) is 3.54.